The number of carbonyl (C=O) groups excluding carboxylic acids is 2. The number of amides is 1. The molecule has 0 atom stereocenters. The highest BCUT2D eigenvalue weighted by atomic mass is 35.5. The van der Waals surface area contributed by atoms with E-state index in [1.807, 2.05) is 6.07 Å². The Hall–Kier alpha value is -3.11. The van der Waals surface area contributed by atoms with Gasteiger partial charge in [-0.2, -0.15) is 5.26 Å². The van der Waals surface area contributed by atoms with E-state index in [4.69, 9.17) is 27.3 Å². The molecule has 2 aromatic rings. The van der Waals surface area contributed by atoms with Gasteiger partial charge >= 0.3 is 5.97 Å². The highest BCUT2D eigenvalue weighted by Crippen LogP contribution is 2.20. The SMILES string of the molecule is N#Cc1ccc(NC(=O)COC(=O)c2ccc(F)cc2N)cc1Cl. The molecular weight excluding hydrogens is 337 g/mol. The smallest absolute Gasteiger partial charge is 0.340 e. The van der Waals surface area contributed by atoms with Crippen LogP contribution in [0.3, 0.4) is 0 Å². The number of hydrogen-bond donors (Lipinski definition) is 2. The summed E-state index contributed by atoms with van der Waals surface area (Å²) in [5, 5.41) is 11.4. The van der Waals surface area contributed by atoms with E-state index < -0.39 is 24.3 Å². The number of nitriles is 1. The van der Waals surface area contributed by atoms with Crippen LogP contribution in [-0.2, 0) is 9.53 Å². The molecule has 0 saturated carbocycles. The molecule has 0 saturated heterocycles. The summed E-state index contributed by atoms with van der Waals surface area (Å²) in [6.07, 6.45) is 0. The van der Waals surface area contributed by atoms with Crippen LogP contribution in [0, 0.1) is 17.1 Å². The summed E-state index contributed by atoms with van der Waals surface area (Å²) < 4.78 is 17.7. The van der Waals surface area contributed by atoms with Crippen LogP contribution in [0.15, 0.2) is 36.4 Å². The zero-order valence-electron chi connectivity index (χ0n) is 12.2. The molecule has 24 heavy (non-hydrogen) atoms. The molecule has 0 unspecified atom stereocenters. The number of nitrogens with one attached hydrogen (secondary N) is 1. The van der Waals surface area contributed by atoms with E-state index in [1.165, 1.54) is 24.3 Å². The van der Waals surface area contributed by atoms with Crippen LogP contribution in [0.1, 0.15) is 15.9 Å². The van der Waals surface area contributed by atoms with Crippen LogP contribution in [0.5, 0.6) is 0 Å². The van der Waals surface area contributed by atoms with Gasteiger partial charge in [-0.3, -0.25) is 4.79 Å². The van der Waals surface area contributed by atoms with E-state index in [0.717, 1.165) is 12.1 Å². The lowest BCUT2D eigenvalue weighted by Crippen LogP contribution is -2.21. The fraction of sp³-hybridized carbons (Fsp3) is 0.0625. The third-order valence-corrected chi connectivity index (χ3v) is 3.25. The van der Waals surface area contributed by atoms with E-state index in [9.17, 15) is 14.0 Å². The summed E-state index contributed by atoms with van der Waals surface area (Å²) in [6.45, 7) is -0.562. The summed E-state index contributed by atoms with van der Waals surface area (Å²) in [6, 6.07) is 9.44. The first-order chi connectivity index (χ1) is 11.4. The Morgan fingerprint density at radius 1 is 1.29 bits per heavy atom. The molecule has 122 valence electrons. The zero-order chi connectivity index (χ0) is 17.7. The lowest BCUT2D eigenvalue weighted by Gasteiger charge is -2.08. The van der Waals surface area contributed by atoms with Crippen molar-refractivity contribution in [2.75, 3.05) is 17.7 Å². The predicted molar refractivity (Wildman–Crippen MR) is 85.9 cm³/mol. The van der Waals surface area contributed by atoms with Crippen molar-refractivity contribution in [2.45, 2.75) is 0 Å². The van der Waals surface area contributed by atoms with Crippen molar-refractivity contribution < 1.29 is 18.7 Å². The van der Waals surface area contributed by atoms with Crippen LogP contribution in [-0.4, -0.2) is 18.5 Å². The van der Waals surface area contributed by atoms with Gasteiger partial charge in [-0.1, -0.05) is 11.6 Å². The Morgan fingerprint density at radius 2 is 2.04 bits per heavy atom. The van der Waals surface area contributed by atoms with Crippen LogP contribution >= 0.6 is 11.6 Å². The van der Waals surface area contributed by atoms with Gasteiger partial charge in [0.2, 0.25) is 0 Å². The first-order valence-corrected chi connectivity index (χ1v) is 7.00. The minimum Gasteiger partial charge on any atom is -0.452 e. The topological polar surface area (TPSA) is 105 Å². The minimum atomic E-state index is -0.847. The number of rotatable bonds is 4. The molecule has 3 N–H and O–H groups in total. The van der Waals surface area contributed by atoms with Crippen LogP contribution in [0.2, 0.25) is 5.02 Å². The third kappa shape index (κ3) is 4.21. The Balaban J connectivity index is 1.94. The van der Waals surface area contributed by atoms with Gasteiger partial charge in [-0.25, -0.2) is 9.18 Å². The van der Waals surface area contributed by atoms with Gasteiger partial charge in [0.05, 0.1) is 16.1 Å². The lowest BCUT2D eigenvalue weighted by molar-refractivity contribution is -0.119. The molecule has 8 heteroatoms. The normalized spacial score (nSPS) is 9.88. The number of benzene rings is 2. The van der Waals surface area contributed by atoms with Crippen LogP contribution in [0.25, 0.3) is 0 Å². The van der Waals surface area contributed by atoms with Crippen LogP contribution < -0.4 is 11.1 Å². The summed E-state index contributed by atoms with van der Waals surface area (Å²) in [4.78, 5) is 23.6. The highest BCUT2D eigenvalue weighted by Gasteiger charge is 2.14. The molecule has 2 rings (SSSR count). The fourth-order valence-electron chi connectivity index (χ4n) is 1.81. The number of halogens is 2. The maximum atomic E-state index is 12.9. The first kappa shape index (κ1) is 17.2. The number of anilines is 2. The summed E-state index contributed by atoms with van der Waals surface area (Å²) >= 11 is 5.85. The molecule has 6 nitrogen and oxygen atoms in total. The van der Waals surface area contributed by atoms with Gasteiger partial charge in [0.1, 0.15) is 11.9 Å². The molecule has 0 bridgehead atoms. The second-order valence-corrected chi connectivity index (χ2v) is 5.07. The molecule has 2 aromatic carbocycles. The van der Waals surface area contributed by atoms with Crippen molar-refractivity contribution in [3.8, 4) is 6.07 Å². The third-order valence-electron chi connectivity index (χ3n) is 2.94. The van der Waals surface area contributed by atoms with E-state index in [1.54, 1.807) is 0 Å². The monoisotopic (exact) mass is 347 g/mol. The molecule has 0 aliphatic heterocycles. The molecule has 0 heterocycles. The average Bonchev–Trinajstić information content (AvgIpc) is 2.53. The largest absolute Gasteiger partial charge is 0.452 e. The maximum Gasteiger partial charge on any atom is 0.340 e. The second kappa shape index (κ2) is 7.44. The summed E-state index contributed by atoms with van der Waals surface area (Å²) in [5.74, 6) is -2.04. The van der Waals surface area contributed by atoms with Crippen molar-refractivity contribution in [1.82, 2.24) is 0 Å². The average molecular weight is 348 g/mol. The van der Waals surface area contributed by atoms with Gasteiger partial charge in [0.15, 0.2) is 6.61 Å². The first-order valence-electron chi connectivity index (χ1n) is 6.62. The van der Waals surface area contributed by atoms with E-state index in [2.05, 4.69) is 5.32 Å². The van der Waals surface area contributed by atoms with E-state index in [0.29, 0.717) is 5.69 Å². The standard InChI is InChI=1S/C16H11ClFN3O3/c17-13-6-11(3-1-9(13)7-19)21-15(22)8-24-16(23)12-4-2-10(18)5-14(12)20/h1-6H,8,20H2,(H,21,22). The van der Waals surface area contributed by atoms with Crippen molar-refractivity contribution in [2.24, 2.45) is 0 Å². The number of hydrogen-bond acceptors (Lipinski definition) is 5. The number of nitrogen functional groups attached to an aromatic ring is 1. The minimum absolute atomic E-state index is 0.0365. The summed E-state index contributed by atoms with van der Waals surface area (Å²) in [5.41, 5.74) is 6.01. The van der Waals surface area contributed by atoms with Crippen molar-refractivity contribution in [1.29, 1.82) is 5.26 Å². The molecule has 1 amide bonds. The van der Waals surface area contributed by atoms with Gasteiger partial charge in [0.25, 0.3) is 5.91 Å². The van der Waals surface area contributed by atoms with Crippen molar-refractivity contribution in [3.05, 3.63) is 58.4 Å². The zero-order valence-corrected chi connectivity index (χ0v) is 12.9. The van der Waals surface area contributed by atoms with Gasteiger partial charge < -0.3 is 15.8 Å². The number of nitrogens with two attached hydrogens (primary N) is 1. The van der Waals surface area contributed by atoms with Crippen molar-refractivity contribution >= 4 is 34.9 Å². The Morgan fingerprint density at radius 3 is 2.67 bits per heavy atom. The second-order valence-electron chi connectivity index (χ2n) is 4.66. The predicted octanol–water partition coefficient (Wildman–Crippen LogP) is 2.73. The Labute approximate surface area is 141 Å². The fourth-order valence-corrected chi connectivity index (χ4v) is 2.03. The number of carbonyl (C=O) groups is 2. The van der Waals surface area contributed by atoms with E-state index in [-0.39, 0.29) is 21.8 Å². The molecule has 0 aliphatic carbocycles. The molecule has 0 aromatic heterocycles. The Kier molecular flexibility index (Phi) is 5.35. The molecule has 0 spiro atoms. The number of nitrogens with zero attached hydrogens (tertiary/aromatic N) is 1. The molecule has 0 radical (unpaired) electrons. The Bertz CT molecular complexity index is 849. The van der Waals surface area contributed by atoms with Gasteiger partial charge in [-0.15, -0.1) is 0 Å². The lowest BCUT2D eigenvalue weighted by atomic mass is 10.2. The van der Waals surface area contributed by atoms with Crippen molar-refractivity contribution in [3.63, 3.8) is 0 Å². The van der Waals surface area contributed by atoms with Gasteiger partial charge in [0, 0.05) is 11.4 Å². The highest BCUT2D eigenvalue weighted by molar-refractivity contribution is 6.32. The molecule has 0 aliphatic rings. The summed E-state index contributed by atoms with van der Waals surface area (Å²) in [7, 11) is 0. The number of ether oxygens (including phenoxy) is 1. The number of esters is 1. The maximum absolute atomic E-state index is 12.9. The molecule has 0 fully saturated rings. The molecular formula is C16H11ClFN3O3. The van der Waals surface area contributed by atoms with Crippen LogP contribution in [0.4, 0.5) is 15.8 Å². The van der Waals surface area contributed by atoms with Gasteiger partial charge in [-0.05, 0) is 36.4 Å². The quantitative estimate of drug-likeness (QED) is 0.653. The van der Waals surface area contributed by atoms with E-state index >= 15 is 0 Å².